The van der Waals surface area contributed by atoms with Gasteiger partial charge in [0.05, 0.1) is 6.61 Å². The minimum absolute atomic E-state index is 0.0936. The number of hydrogen-bond acceptors (Lipinski definition) is 4. The van der Waals surface area contributed by atoms with Crippen LogP contribution in [-0.4, -0.2) is 37.4 Å². The summed E-state index contributed by atoms with van der Waals surface area (Å²) in [4.78, 5) is 11.5. The predicted molar refractivity (Wildman–Crippen MR) is 101 cm³/mol. The van der Waals surface area contributed by atoms with Crippen molar-refractivity contribution in [1.82, 2.24) is 5.32 Å². The van der Waals surface area contributed by atoms with Crippen LogP contribution in [0.4, 0.5) is 0 Å². The third-order valence-corrected chi connectivity index (χ3v) is 4.31. The maximum atomic E-state index is 11.5. The minimum Gasteiger partial charge on any atom is -0.464 e. The van der Waals surface area contributed by atoms with E-state index in [1.165, 1.54) is 70.6 Å². The molecule has 0 aromatic carbocycles. The molecule has 0 saturated carbocycles. The quantitative estimate of drug-likeness (QED) is 0.266. The zero-order valence-electron chi connectivity index (χ0n) is 16.0. The van der Waals surface area contributed by atoms with Gasteiger partial charge in [0.15, 0.2) is 0 Å². The molecule has 0 amide bonds. The van der Waals surface area contributed by atoms with Gasteiger partial charge in [-0.1, -0.05) is 84.0 Å². The van der Waals surface area contributed by atoms with Crippen molar-refractivity contribution >= 4 is 5.97 Å². The number of aliphatic hydroxyl groups excluding tert-OH is 1. The van der Waals surface area contributed by atoms with Crippen molar-refractivity contribution in [3.05, 3.63) is 0 Å². The Bertz CT molecular complexity index is 259. The number of hydrogen-bond donors (Lipinski definition) is 2. The summed E-state index contributed by atoms with van der Waals surface area (Å²) in [5.41, 5.74) is 0. The first-order valence-electron chi connectivity index (χ1n) is 10.3. The van der Waals surface area contributed by atoms with Crippen molar-refractivity contribution in [1.29, 1.82) is 0 Å². The molecule has 0 bridgehead atoms. The molecule has 0 aliphatic carbocycles. The van der Waals surface area contributed by atoms with Crippen LogP contribution in [0.2, 0.25) is 0 Å². The molecule has 0 saturated heterocycles. The summed E-state index contributed by atoms with van der Waals surface area (Å²) >= 11 is 0. The molecule has 0 radical (unpaired) electrons. The second-order valence-electron chi connectivity index (χ2n) is 6.69. The number of unbranched alkanes of at least 4 members (excludes halogenated alkanes) is 12. The van der Waals surface area contributed by atoms with E-state index < -0.39 is 0 Å². The fraction of sp³-hybridized carbons (Fsp3) is 0.950. The molecule has 0 spiro atoms. The number of esters is 1. The van der Waals surface area contributed by atoms with Gasteiger partial charge in [0.25, 0.3) is 0 Å². The van der Waals surface area contributed by atoms with Gasteiger partial charge in [-0.05, 0) is 6.42 Å². The van der Waals surface area contributed by atoms with Crippen molar-refractivity contribution in [2.24, 2.45) is 0 Å². The highest BCUT2D eigenvalue weighted by Crippen LogP contribution is 2.13. The van der Waals surface area contributed by atoms with Crippen LogP contribution in [0.15, 0.2) is 0 Å². The molecule has 24 heavy (non-hydrogen) atoms. The van der Waals surface area contributed by atoms with Gasteiger partial charge in [0.2, 0.25) is 0 Å². The molecule has 0 unspecified atom stereocenters. The fourth-order valence-electron chi connectivity index (χ4n) is 2.80. The highest BCUT2D eigenvalue weighted by Gasteiger charge is 2.02. The van der Waals surface area contributed by atoms with Gasteiger partial charge in [-0.15, -0.1) is 0 Å². The third kappa shape index (κ3) is 19.4. The van der Waals surface area contributed by atoms with E-state index in [0.717, 1.165) is 12.8 Å². The van der Waals surface area contributed by atoms with E-state index in [1.807, 2.05) is 0 Å². The number of ether oxygens (including phenoxy) is 1. The summed E-state index contributed by atoms with van der Waals surface area (Å²) in [5.74, 6) is -0.0936. The molecule has 0 aromatic rings. The molecule has 0 aliphatic rings. The lowest BCUT2D eigenvalue weighted by atomic mass is 10.0. The second kappa shape index (κ2) is 20.4. The maximum Gasteiger partial charge on any atom is 0.305 e. The molecule has 0 fully saturated rings. The number of nitrogens with one attached hydrogen (secondary N) is 1. The summed E-state index contributed by atoms with van der Waals surface area (Å²) < 4.78 is 5.11. The number of rotatable bonds is 19. The Morgan fingerprint density at radius 1 is 0.792 bits per heavy atom. The van der Waals surface area contributed by atoms with Crippen molar-refractivity contribution < 1.29 is 14.6 Å². The van der Waals surface area contributed by atoms with Gasteiger partial charge in [-0.2, -0.15) is 0 Å². The first-order valence-corrected chi connectivity index (χ1v) is 10.3. The third-order valence-electron chi connectivity index (χ3n) is 4.31. The Balaban J connectivity index is 3.10. The average Bonchev–Trinajstić information content (AvgIpc) is 2.59. The van der Waals surface area contributed by atoms with E-state index in [0.29, 0.717) is 26.1 Å². The Labute approximate surface area is 149 Å². The molecule has 4 nitrogen and oxygen atoms in total. The fourth-order valence-corrected chi connectivity index (χ4v) is 2.80. The van der Waals surface area contributed by atoms with Gasteiger partial charge in [0, 0.05) is 19.5 Å². The monoisotopic (exact) mass is 343 g/mol. The maximum absolute atomic E-state index is 11.5. The topological polar surface area (TPSA) is 58.6 Å². The Morgan fingerprint density at radius 3 is 1.79 bits per heavy atom. The summed E-state index contributed by atoms with van der Waals surface area (Å²) in [6.45, 7) is 3.95. The SMILES string of the molecule is CCCCCCCCCCCCCCCC(=O)OCCNCCO. The lowest BCUT2D eigenvalue weighted by Gasteiger charge is -2.06. The van der Waals surface area contributed by atoms with Crippen LogP contribution in [0.1, 0.15) is 96.8 Å². The number of carbonyl (C=O) groups is 1. The molecule has 0 atom stereocenters. The summed E-state index contributed by atoms with van der Waals surface area (Å²) in [7, 11) is 0. The Hall–Kier alpha value is -0.610. The van der Waals surface area contributed by atoms with Crippen LogP contribution in [-0.2, 0) is 9.53 Å². The predicted octanol–water partition coefficient (Wildman–Crippen LogP) is 4.59. The molecule has 2 N–H and O–H groups in total. The molecule has 0 aromatic heterocycles. The highest BCUT2D eigenvalue weighted by atomic mass is 16.5. The van der Waals surface area contributed by atoms with E-state index in [-0.39, 0.29) is 12.6 Å². The second-order valence-corrected chi connectivity index (χ2v) is 6.69. The normalized spacial score (nSPS) is 10.9. The van der Waals surface area contributed by atoms with E-state index >= 15 is 0 Å². The molecule has 0 aliphatic heterocycles. The Kier molecular flexibility index (Phi) is 19.9. The van der Waals surface area contributed by atoms with Crippen LogP contribution in [0.25, 0.3) is 0 Å². The molecule has 0 heterocycles. The van der Waals surface area contributed by atoms with Crippen LogP contribution < -0.4 is 5.32 Å². The molecule has 0 rings (SSSR count). The van der Waals surface area contributed by atoms with Crippen LogP contribution >= 0.6 is 0 Å². The molecule has 144 valence electrons. The van der Waals surface area contributed by atoms with Crippen molar-refractivity contribution in [2.75, 3.05) is 26.3 Å². The first-order chi connectivity index (χ1) is 11.8. The standard InChI is InChI=1S/C20H41NO3/c1-2-3-4-5-6-7-8-9-10-11-12-13-14-15-20(23)24-19-17-21-16-18-22/h21-22H,2-19H2,1H3. The van der Waals surface area contributed by atoms with Gasteiger partial charge >= 0.3 is 5.97 Å². The highest BCUT2D eigenvalue weighted by molar-refractivity contribution is 5.69. The molecular formula is C20H41NO3. The zero-order chi connectivity index (χ0) is 17.7. The summed E-state index contributed by atoms with van der Waals surface area (Å²) in [5, 5.41) is 11.6. The van der Waals surface area contributed by atoms with Crippen molar-refractivity contribution in [2.45, 2.75) is 96.8 Å². The lowest BCUT2D eigenvalue weighted by molar-refractivity contribution is -0.143. The van der Waals surface area contributed by atoms with Gasteiger partial charge in [-0.25, -0.2) is 0 Å². The van der Waals surface area contributed by atoms with Crippen molar-refractivity contribution in [3.8, 4) is 0 Å². The van der Waals surface area contributed by atoms with Crippen LogP contribution in [0.5, 0.6) is 0 Å². The van der Waals surface area contributed by atoms with Gasteiger partial charge < -0.3 is 15.2 Å². The number of aliphatic hydroxyl groups is 1. The van der Waals surface area contributed by atoms with Gasteiger partial charge in [-0.3, -0.25) is 4.79 Å². The smallest absolute Gasteiger partial charge is 0.305 e. The largest absolute Gasteiger partial charge is 0.464 e. The van der Waals surface area contributed by atoms with E-state index in [4.69, 9.17) is 9.84 Å². The van der Waals surface area contributed by atoms with Gasteiger partial charge in [0.1, 0.15) is 6.61 Å². The van der Waals surface area contributed by atoms with E-state index in [1.54, 1.807) is 0 Å². The lowest BCUT2D eigenvalue weighted by Crippen LogP contribution is -2.24. The average molecular weight is 344 g/mol. The van der Waals surface area contributed by atoms with E-state index in [2.05, 4.69) is 12.2 Å². The summed E-state index contributed by atoms with van der Waals surface area (Å²) in [6.07, 6.45) is 17.6. The molecular weight excluding hydrogens is 302 g/mol. The number of carbonyl (C=O) groups excluding carboxylic acids is 1. The van der Waals surface area contributed by atoms with Crippen molar-refractivity contribution in [3.63, 3.8) is 0 Å². The van der Waals surface area contributed by atoms with Crippen LogP contribution in [0, 0.1) is 0 Å². The minimum atomic E-state index is -0.0936. The zero-order valence-corrected chi connectivity index (χ0v) is 16.0. The first kappa shape index (κ1) is 23.4. The summed E-state index contributed by atoms with van der Waals surface area (Å²) in [6, 6.07) is 0. The Morgan fingerprint density at radius 2 is 1.29 bits per heavy atom. The molecule has 4 heteroatoms. The van der Waals surface area contributed by atoms with Crippen LogP contribution in [0.3, 0.4) is 0 Å². The van der Waals surface area contributed by atoms with E-state index in [9.17, 15) is 4.79 Å².